The van der Waals surface area contributed by atoms with Crippen molar-refractivity contribution in [2.75, 3.05) is 30.9 Å². The smallest absolute Gasteiger partial charge is 0.211 e. The van der Waals surface area contributed by atoms with Crippen LogP contribution in [-0.2, 0) is 19.9 Å². The molecule has 0 bridgehead atoms. The summed E-state index contributed by atoms with van der Waals surface area (Å²) in [5, 5.41) is 0. The summed E-state index contributed by atoms with van der Waals surface area (Å²) in [5.74, 6) is 0.0488. The fourth-order valence-electron chi connectivity index (χ4n) is 2.27. The van der Waals surface area contributed by atoms with Gasteiger partial charge in [-0.3, -0.25) is 0 Å². The fraction of sp³-hybridized carbons (Fsp3) is 1.00. The Morgan fingerprint density at radius 1 is 1.32 bits per heavy atom. The molecule has 1 saturated heterocycles. The molecule has 2 atom stereocenters. The number of hydrogen-bond donors (Lipinski definition) is 1. The number of piperidine rings is 1. The number of nitrogens with two attached hydrogens (primary N) is 1. The van der Waals surface area contributed by atoms with Gasteiger partial charge in [-0.25, -0.2) is 21.1 Å². The molecule has 0 amide bonds. The van der Waals surface area contributed by atoms with Crippen molar-refractivity contribution in [3.63, 3.8) is 0 Å². The van der Waals surface area contributed by atoms with Crippen LogP contribution in [0.25, 0.3) is 0 Å². The van der Waals surface area contributed by atoms with Crippen molar-refractivity contribution in [3.05, 3.63) is 0 Å². The highest BCUT2D eigenvalue weighted by atomic mass is 32.2. The second kappa shape index (κ2) is 6.51. The van der Waals surface area contributed by atoms with E-state index in [1.807, 2.05) is 0 Å². The van der Waals surface area contributed by atoms with E-state index in [0.29, 0.717) is 19.5 Å². The molecular formula is C11H24N2O4S2. The first kappa shape index (κ1) is 16.9. The van der Waals surface area contributed by atoms with Gasteiger partial charge in [0.15, 0.2) is 9.84 Å². The van der Waals surface area contributed by atoms with Gasteiger partial charge in [-0.05, 0) is 32.1 Å². The molecule has 0 spiro atoms. The van der Waals surface area contributed by atoms with Crippen LogP contribution in [0.4, 0.5) is 0 Å². The van der Waals surface area contributed by atoms with E-state index in [0.717, 1.165) is 12.8 Å². The van der Waals surface area contributed by atoms with Gasteiger partial charge in [0.1, 0.15) is 0 Å². The van der Waals surface area contributed by atoms with Gasteiger partial charge in [0.2, 0.25) is 10.0 Å². The summed E-state index contributed by atoms with van der Waals surface area (Å²) in [6.45, 7) is 2.59. The number of hydrogen-bond acceptors (Lipinski definition) is 5. The maximum absolute atomic E-state index is 11.9. The Labute approximate surface area is 116 Å². The van der Waals surface area contributed by atoms with Crippen LogP contribution in [0.3, 0.4) is 0 Å². The van der Waals surface area contributed by atoms with Gasteiger partial charge in [-0.15, -0.1) is 0 Å². The van der Waals surface area contributed by atoms with Crippen LogP contribution < -0.4 is 5.73 Å². The van der Waals surface area contributed by atoms with Crippen molar-refractivity contribution < 1.29 is 16.8 Å². The highest BCUT2D eigenvalue weighted by molar-refractivity contribution is 7.91. The Morgan fingerprint density at radius 2 is 1.95 bits per heavy atom. The largest absolute Gasteiger partial charge is 0.328 e. The van der Waals surface area contributed by atoms with E-state index in [-0.39, 0.29) is 23.5 Å². The standard InChI is InChI=1S/C11H24N2O4S2/c1-10(12)5-7-19(16,17)9-11-4-3-6-13(8-11)18(2,14)15/h10-11H,3-9,12H2,1-2H3. The van der Waals surface area contributed by atoms with Gasteiger partial charge in [0.25, 0.3) is 0 Å². The highest BCUT2D eigenvalue weighted by Crippen LogP contribution is 2.20. The Kier molecular flexibility index (Phi) is 5.78. The molecule has 8 heteroatoms. The monoisotopic (exact) mass is 312 g/mol. The summed E-state index contributed by atoms with van der Waals surface area (Å²) >= 11 is 0. The van der Waals surface area contributed by atoms with Crippen LogP contribution >= 0.6 is 0 Å². The van der Waals surface area contributed by atoms with Gasteiger partial charge in [0.05, 0.1) is 17.8 Å². The van der Waals surface area contributed by atoms with E-state index in [1.165, 1.54) is 10.6 Å². The molecule has 114 valence electrons. The van der Waals surface area contributed by atoms with Crippen molar-refractivity contribution in [2.24, 2.45) is 11.7 Å². The van der Waals surface area contributed by atoms with Gasteiger partial charge in [-0.2, -0.15) is 0 Å². The van der Waals surface area contributed by atoms with Crippen LogP contribution in [0.1, 0.15) is 26.2 Å². The maximum Gasteiger partial charge on any atom is 0.211 e. The Morgan fingerprint density at radius 3 is 2.47 bits per heavy atom. The molecule has 0 radical (unpaired) electrons. The SMILES string of the molecule is CC(N)CCS(=O)(=O)CC1CCCN(S(C)(=O)=O)C1. The lowest BCUT2D eigenvalue weighted by atomic mass is 10.0. The van der Waals surface area contributed by atoms with Crippen LogP contribution in [0.5, 0.6) is 0 Å². The van der Waals surface area contributed by atoms with E-state index in [9.17, 15) is 16.8 Å². The van der Waals surface area contributed by atoms with E-state index >= 15 is 0 Å². The number of rotatable bonds is 6. The van der Waals surface area contributed by atoms with E-state index in [2.05, 4.69) is 0 Å². The van der Waals surface area contributed by atoms with Crippen molar-refractivity contribution in [2.45, 2.75) is 32.2 Å². The molecule has 0 aliphatic carbocycles. The van der Waals surface area contributed by atoms with Crippen molar-refractivity contribution in [1.82, 2.24) is 4.31 Å². The zero-order chi connectivity index (χ0) is 14.7. The fourth-order valence-corrected chi connectivity index (χ4v) is 5.10. The van der Waals surface area contributed by atoms with Crippen LogP contribution in [-0.4, -0.2) is 58.0 Å². The highest BCUT2D eigenvalue weighted by Gasteiger charge is 2.29. The molecule has 0 aromatic carbocycles. The quantitative estimate of drug-likeness (QED) is 0.733. The molecule has 1 aliphatic heterocycles. The number of sulfone groups is 1. The predicted octanol–water partition coefficient (Wildman–Crippen LogP) is -0.190. The van der Waals surface area contributed by atoms with Gasteiger partial charge >= 0.3 is 0 Å². The lowest BCUT2D eigenvalue weighted by Gasteiger charge is -2.30. The Bertz CT molecular complexity index is 485. The Hall–Kier alpha value is -0.180. The molecule has 1 fully saturated rings. The Balaban J connectivity index is 2.57. The van der Waals surface area contributed by atoms with Gasteiger partial charge in [0, 0.05) is 19.1 Å². The minimum Gasteiger partial charge on any atom is -0.328 e. The van der Waals surface area contributed by atoms with E-state index in [4.69, 9.17) is 5.73 Å². The summed E-state index contributed by atoms with van der Waals surface area (Å²) in [6, 6.07) is -0.131. The lowest BCUT2D eigenvalue weighted by Crippen LogP contribution is -2.41. The molecule has 1 aliphatic rings. The first-order valence-corrected chi connectivity index (χ1v) is 10.2. The average molecular weight is 312 g/mol. The van der Waals surface area contributed by atoms with Crippen LogP contribution in [0.15, 0.2) is 0 Å². The second-order valence-corrected chi connectivity index (χ2v) is 9.72. The van der Waals surface area contributed by atoms with Crippen molar-refractivity contribution in [3.8, 4) is 0 Å². The number of sulfonamides is 1. The average Bonchev–Trinajstić information content (AvgIpc) is 2.25. The molecule has 0 saturated carbocycles. The topological polar surface area (TPSA) is 97.5 Å². The molecule has 0 aromatic rings. The molecule has 0 aromatic heterocycles. The third-order valence-corrected chi connectivity index (χ3v) is 6.43. The molecule has 2 N–H and O–H groups in total. The van der Waals surface area contributed by atoms with Crippen LogP contribution in [0, 0.1) is 5.92 Å². The van der Waals surface area contributed by atoms with Gasteiger partial charge < -0.3 is 5.73 Å². The first-order valence-electron chi connectivity index (χ1n) is 6.51. The lowest BCUT2D eigenvalue weighted by molar-refractivity contribution is 0.284. The minimum atomic E-state index is -3.22. The van der Waals surface area contributed by atoms with E-state index in [1.54, 1.807) is 6.92 Å². The third kappa shape index (κ3) is 6.20. The van der Waals surface area contributed by atoms with E-state index < -0.39 is 19.9 Å². The summed E-state index contributed by atoms with van der Waals surface area (Å²) in [6.07, 6.45) is 3.11. The molecule has 2 unspecified atom stereocenters. The molecular weight excluding hydrogens is 288 g/mol. The van der Waals surface area contributed by atoms with Crippen molar-refractivity contribution in [1.29, 1.82) is 0 Å². The van der Waals surface area contributed by atoms with Crippen LogP contribution in [0.2, 0.25) is 0 Å². The predicted molar refractivity (Wildman–Crippen MR) is 76.1 cm³/mol. The summed E-state index contributed by atoms with van der Waals surface area (Å²) in [7, 11) is -6.37. The third-order valence-electron chi connectivity index (χ3n) is 3.32. The van der Waals surface area contributed by atoms with Crippen molar-refractivity contribution >= 4 is 19.9 Å². The maximum atomic E-state index is 11.9. The molecule has 1 heterocycles. The first-order chi connectivity index (χ1) is 8.60. The molecule has 1 rings (SSSR count). The normalized spacial score (nSPS) is 24.3. The molecule has 19 heavy (non-hydrogen) atoms. The zero-order valence-corrected chi connectivity index (χ0v) is 13.2. The molecule has 6 nitrogen and oxygen atoms in total. The number of nitrogens with zero attached hydrogens (tertiary/aromatic N) is 1. The summed E-state index contributed by atoms with van der Waals surface area (Å²) in [5.41, 5.74) is 5.56. The minimum absolute atomic E-state index is 0.0613. The summed E-state index contributed by atoms with van der Waals surface area (Å²) in [4.78, 5) is 0. The zero-order valence-electron chi connectivity index (χ0n) is 11.6. The summed E-state index contributed by atoms with van der Waals surface area (Å²) < 4.78 is 48.2. The van der Waals surface area contributed by atoms with Gasteiger partial charge in [-0.1, -0.05) is 0 Å². The second-order valence-electron chi connectivity index (χ2n) is 5.51.